The highest BCUT2D eigenvalue weighted by molar-refractivity contribution is 5.58. The van der Waals surface area contributed by atoms with Crippen LogP contribution in [-0.4, -0.2) is 52.6 Å². The molecule has 4 aromatic rings. The maximum absolute atomic E-state index is 10.0. The van der Waals surface area contributed by atoms with Crippen LogP contribution in [0.15, 0.2) is 47.6 Å². The fraction of sp³-hybridized carbons (Fsp3) is 0.417. The van der Waals surface area contributed by atoms with E-state index < -0.39 is 11.0 Å². The predicted molar refractivity (Wildman–Crippen MR) is 126 cm³/mol. The van der Waals surface area contributed by atoms with Gasteiger partial charge in [0.05, 0.1) is 35.0 Å². The van der Waals surface area contributed by atoms with Gasteiger partial charge in [-0.05, 0) is 51.2 Å². The number of nitrogens with one attached hydrogen (secondary N) is 1. The summed E-state index contributed by atoms with van der Waals surface area (Å²) in [6, 6.07) is 4.05. The molecular formula is C24H28N8O2. The Bertz CT molecular complexity index is 1270. The quantitative estimate of drug-likeness (QED) is 0.407. The zero-order valence-corrected chi connectivity index (χ0v) is 19.7. The third kappa shape index (κ3) is 4.28. The van der Waals surface area contributed by atoms with E-state index in [9.17, 15) is 5.11 Å². The number of hydrogen-bond acceptors (Lipinski definition) is 9. The molecule has 0 amide bonds. The highest BCUT2D eigenvalue weighted by Crippen LogP contribution is 2.50. The van der Waals surface area contributed by atoms with Crippen molar-refractivity contribution in [3.05, 3.63) is 54.5 Å². The molecule has 0 spiro atoms. The maximum atomic E-state index is 10.0. The van der Waals surface area contributed by atoms with Crippen LogP contribution in [0.2, 0.25) is 0 Å². The molecule has 34 heavy (non-hydrogen) atoms. The predicted octanol–water partition coefficient (Wildman–Crippen LogP) is 3.31. The van der Waals surface area contributed by atoms with Crippen LogP contribution in [0.1, 0.15) is 45.0 Å². The summed E-state index contributed by atoms with van der Waals surface area (Å²) in [6.07, 6.45) is 11.1. The van der Waals surface area contributed by atoms with Gasteiger partial charge in [-0.25, -0.2) is 9.97 Å². The Hall–Kier alpha value is -3.66. The normalized spacial score (nSPS) is 15.8. The number of nitrogens with zero attached hydrogens (tertiary/aromatic N) is 7. The molecule has 0 radical (unpaired) electrons. The second-order valence-electron chi connectivity index (χ2n) is 9.62. The van der Waals surface area contributed by atoms with Crippen LogP contribution in [0, 0.1) is 5.92 Å². The molecule has 0 bridgehead atoms. The highest BCUT2D eigenvalue weighted by Gasteiger charge is 2.47. The Morgan fingerprint density at radius 1 is 1.06 bits per heavy atom. The van der Waals surface area contributed by atoms with Gasteiger partial charge in [0, 0.05) is 37.4 Å². The summed E-state index contributed by atoms with van der Waals surface area (Å²) >= 11 is 0. The third-order valence-corrected chi connectivity index (χ3v) is 6.25. The van der Waals surface area contributed by atoms with Crippen LogP contribution < -0.4 is 5.32 Å². The van der Waals surface area contributed by atoms with Gasteiger partial charge in [-0.1, -0.05) is 11.2 Å². The number of pyridine rings is 1. The van der Waals surface area contributed by atoms with E-state index in [-0.39, 0.29) is 0 Å². The molecule has 10 nitrogen and oxygen atoms in total. The fourth-order valence-electron chi connectivity index (χ4n) is 4.18. The first-order valence-corrected chi connectivity index (χ1v) is 11.3. The molecule has 1 aliphatic rings. The summed E-state index contributed by atoms with van der Waals surface area (Å²) in [4.78, 5) is 18.0. The first kappa shape index (κ1) is 22.1. The van der Waals surface area contributed by atoms with Gasteiger partial charge in [0.15, 0.2) is 5.82 Å². The monoisotopic (exact) mass is 460 g/mol. The molecule has 0 aromatic carbocycles. The molecule has 4 heterocycles. The molecule has 10 heteroatoms. The lowest BCUT2D eigenvalue weighted by Gasteiger charge is -2.26. The Morgan fingerprint density at radius 3 is 2.44 bits per heavy atom. The maximum Gasteiger partial charge on any atom is 0.261 e. The summed E-state index contributed by atoms with van der Waals surface area (Å²) in [6.45, 7) is 6.00. The van der Waals surface area contributed by atoms with Crippen LogP contribution in [0.5, 0.6) is 0 Å². The average Bonchev–Trinajstić information content (AvgIpc) is 3.39. The minimum atomic E-state index is -0.867. The second-order valence-corrected chi connectivity index (χ2v) is 9.62. The smallest absolute Gasteiger partial charge is 0.261 e. The highest BCUT2D eigenvalue weighted by atomic mass is 16.5. The fourth-order valence-corrected chi connectivity index (χ4v) is 4.18. The van der Waals surface area contributed by atoms with Crippen molar-refractivity contribution < 1.29 is 9.63 Å². The summed E-state index contributed by atoms with van der Waals surface area (Å²) in [5, 5.41) is 21.6. The Balaban J connectivity index is 1.42. The van der Waals surface area contributed by atoms with Gasteiger partial charge in [-0.2, -0.15) is 10.1 Å². The zero-order valence-electron chi connectivity index (χ0n) is 19.7. The summed E-state index contributed by atoms with van der Waals surface area (Å²) in [5.74, 6) is 2.04. The van der Waals surface area contributed by atoms with E-state index in [0.717, 1.165) is 35.2 Å². The van der Waals surface area contributed by atoms with Crippen LogP contribution in [-0.2, 0) is 12.0 Å². The molecule has 2 N–H and O–H groups in total. The molecule has 176 valence electrons. The molecule has 0 aliphatic heterocycles. The standard InChI is InChI=1S/C24H28N8O2/c1-23(2,33)14-32-13-16(11-29-32)20-30-21(31-34-20)24(3,17-5-6-17)18-7-8-19(26-12-18)15-9-27-22(25-4)28-10-15/h7-13,17,33H,5-6,14H2,1-4H3,(H,25,27,28)/t24-/m1/s1. The van der Waals surface area contributed by atoms with Crippen LogP contribution in [0.25, 0.3) is 22.7 Å². The first-order chi connectivity index (χ1) is 16.3. The second kappa shape index (κ2) is 8.28. The molecule has 0 saturated heterocycles. The topological polar surface area (TPSA) is 128 Å². The molecule has 1 fully saturated rings. The van der Waals surface area contributed by atoms with E-state index in [1.807, 2.05) is 18.5 Å². The number of anilines is 1. The lowest BCUT2D eigenvalue weighted by Crippen LogP contribution is -2.28. The number of hydrogen-bond donors (Lipinski definition) is 2. The summed E-state index contributed by atoms with van der Waals surface area (Å²) < 4.78 is 7.31. The van der Waals surface area contributed by atoms with Crippen LogP contribution >= 0.6 is 0 Å². The van der Waals surface area contributed by atoms with Gasteiger partial charge in [-0.15, -0.1) is 0 Å². The molecule has 5 rings (SSSR count). The first-order valence-electron chi connectivity index (χ1n) is 11.3. The van der Waals surface area contributed by atoms with Crippen molar-refractivity contribution in [3.8, 4) is 22.7 Å². The van der Waals surface area contributed by atoms with Crippen molar-refractivity contribution >= 4 is 5.95 Å². The molecule has 1 saturated carbocycles. The number of aliphatic hydroxyl groups is 1. The van der Waals surface area contributed by atoms with E-state index in [0.29, 0.717) is 30.1 Å². The van der Waals surface area contributed by atoms with E-state index in [2.05, 4.69) is 43.5 Å². The van der Waals surface area contributed by atoms with E-state index in [1.54, 1.807) is 44.2 Å². The molecule has 0 unspecified atom stereocenters. The Labute approximate surface area is 197 Å². The van der Waals surface area contributed by atoms with Gasteiger partial charge in [0.25, 0.3) is 5.89 Å². The average molecular weight is 461 g/mol. The minimum absolute atomic E-state index is 0.370. The van der Waals surface area contributed by atoms with Gasteiger partial charge in [0.2, 0.25) is 5.95 Å². The largest absolute Gasteiger partial charge is 0.389 e. The van der Waals surface area contributed by atoms with Gasteiger partial charge < -0.3 is 14.9 Å². The van der Waals surface area contributed by atoms with Gasteiger partial charge in [-0.3, -0.25) is 9.67 Å². The molecular weight excluding hydrogens is 432 g/mol. The SMILES string of the molecule is CNc1ncc(-c2ccc([C@](C)(c3noc(-c4cnn(CC(C)(C)O)c4)n3)C3CC3)cn2)cn1. The van der Waals surface area contributed by atoms with Crippen molar-refractivity contribution in [3.63, 3.8) is 0 Å². The molecule has 1 aliphatic carbocycles. The van der Waals surface area contributed by atoms with Crippen molar-refractivity contribution in [2.45, 2.75) is 51.2 Å². The van der Waals surface area contributed by atoms with Crippen molar-refractivity contribution in [2.24, 2.45) is 5.92 Å². The number of aromatic nitrogens is 7. The lowest BCUT2D eigenvalue weighted by atomic mass is 9.77. The Morgan fingerprint density at radius 2 is 1.82 bits per heavy atom. The summed E-state index contributed by atoms with van der Waals surface area (Å²) in [7, 11) is 1.78. The van der Waals surface area contributed by atoms with Gasteiger partial charge >= 0.3 is 0 Å². The third-order valence-electron chi connectivity index (χ3n) is 6.25. The van der Waals surface area contributed by atoms with E-state index in [4.69, 9.17) is 9.51 Å². The number of rotatable bonds is 8. The molecule has 1 atom stereocenters. The zero-order chi connectivity index (χ0) is 23.9. The Kier molecular flexibility index (Phi) is 5.40. The van der Waals surface area contributed by atoms with Crippen LogP contribution in [0.3, 0.4) is 0 Å². The van der Waals surface area contributed by atoms with Gasteiger partial charge in [0.1, 0.15) is 0 Å². The molecule has 4 aromatic heterocycles. The van der Waals surface area contributed by atoms with E-state index >= 15 is 0 Å². The van der Waals surface area contributed by atoms with Crippen LogP contribution in [0.4, 0.5) is 5.95 Å². The van der Waals surface area contributed by atoms with Crippen molar-refractivity contribution in [1.29, 1.82) is 0 Å². The van der Waals surface area contributed by atoms with E-state index in [1.165, 1.54) is 0 Å². The minimum Gasteiger partial charge on any atom is -0.389 e. The van der Waals surface area contributed by atoms with Crippen molar-refractivity contribution in [2.75, 3.05) is 12.4 Å². The summed E-state index contributed by atoms with van der Waals surface area (Å²) in [5.41, 5.74) is 2.13. The lowest BCUT2D eigenvalue weighted by molar-refractivity contribution is 0.0577. The van der Waals surface area contributed by atoms with Crippen molar-refractivity contribution in [1.82, 2.24) is 34.9 Å².